The van der Waals surface area contributed by atoms with Crippen LogP contribution in [0.25, 0.3) is 0 Å². The summed E-state index contributed by atoms with van der Waals surface area (Å²) >= 11 is 2.26. The molecule has 0 aliphatic carbocycles. The Hall–Kier alpha value is -0.370. The smallest absolute Gasteiger partial charge is 0.253 e. The van der Waals surface area contributed by atoms with Gasteiger partial charge in [-0.3, -0.25) is 9.69 Å². The van der Waals surface area contributed by atoms with Crippen LogP contribution in [0.2, 0.25) is 0 Å². The highest BCUT2D eigenvalue weighted by molar-refractivity contribution is 14.1. The number of carbonyl (C=O) groups is 1. The number of hydrogen-bond acceptors (Lipinski definition) is 3. The Bertz CT molecular complexity index is 476. The van der Waals surface area contributed by atoms with Crippen molar-refractivity contribution in [3.05, 3.63) is 33.4 Å². The molecule has 1 aromatic rings. The van der Waals surface area contributed by atoms with Crippen molar-refractivity contribution in [2.24, 2.45) is 0 Å². The van der Waals surface area contributed by atoms with Crippen molar-refractivity contribution in [3.8, 4) is 0 Å². The zero-order chi connectivity index (χ0) is 13.9. The molecule has 0 bridgehead atoms. The largest absolute Gasteiger partial charge is 0.337 e. The van der Waals surface area contributed by atoms with Gasteiger partial charge in [0.05, 0.1) is 0 Å². The van der Waals surface area contributed by atoms with Gasteiger partial charge in [-0.1, -0.05) is 0 Å². The van der Waals surface area contributed by atoms with E-state index in [2.05, 4.69) is 32.8 Å². The number of carbonyl (C=O) groups excluding carboxylic acids is 1. The Morgan fingerprint density at radius 3 is 2.48 bits per heavy atom. The predicted molar refractivity (Wildman–Crippen MR) is 95.2 cm³/mol. The van der Waals surface area contributed by atoms with Gasteiger partial charge in [0, 0.05) is 54.4 Å². The number of nitrogens with zero attached hydrogens (tertiary/aromatic N) is 2. The lowest BCUT2D eigenvalue weighted by molar-refractivity contribution is 0.0773. The summed E-state index contributed by atoms with van der Waals surface area (Å²) in [6, 6.07) is 8.41. The highest BCUT2D eigenvalue weighted by atomic mass is 127. The van der Waals surface area contributed by atoms with Gasteiger partial charge in [0.1, 0.15) is 0 Å². The molecule has 1 amide bonds. The first-order valence-corrected chi connectivity index (χ1v) is 8.31. The van der Waals surface area contributed by atoms with E-state index in [1.807, 2.05) is 29.2 Å². The van der Waals surface area contributed by atoms with Gasteiger partial charge in [0.15, 0.2) is 0 Å². The van der Waals surface area contributed by atoms with E-state index in [0.29, 0.717) is 6.04 Å². The average Bonchev–Trinajstić information content (AvgIpc) is 2.98. The van der Waals surface area contributed by atoms with Crippen molar-refractivity contribution in [3.63, 3.8) is 0 Å². The maximum Gasteiger partial charge on any atom is 0.253 e. The topological polar surface area (TPSA) is 35.6 Å². The number of amides is 1. The maximum atomic E-state index is 12.5. The summed E-state index contributed by atoms with van der Waals surface area (Å²) in [5, 5.41) is 3.38. The van der Waals surface area contributed by atoms with E-state index < -0.39 is 0 Å². The zero-order valence-electron chi connectivity index (χ0n) is 11.9. The van der Waals surface area contributed by atoms with Gasteiger partial charge in [0.25, 0.3) is 5.91 Å². The molecule has 6 heteroatoms. The molecule has 3 rings (SSSR count). The Morgan fingerprint density at radius 2 is 1.81 bits per heavy atom. The predicted octanol–water partition coefficient (Wildman–Crippen LogP) is 1.83. The van der Waals surface area contributed by atoms with E-state index in [1.165, 1.54) is 3.57 Å². The first-order chi connectivity index (χ1) is 9.74. The van der Waals surface area contributed by atoms with Gasteiger partial charge in [-0.05, 0) is 53.3 Å². The SMILES string of the molecule is Cl.O=C(c1ccc(I)cc1)N1CCC(N2CCNCC2)C1. The summed E-state index contributed by atoms with van der Waals surface area (Å²) in [7, 11) is 0. The lowest BCUT2D eigenvalue weighted by atomic mass is 10.2. The summed E-state index contributed by atoms with van der Waals surface area (Å²) in [6.07, 6.45) is 1.11. The molecule has 0 saturated carbocycles. The van der Waals surface area contributed by atoms with Crippen LogP contribution in [0.3, 0.4) is 0 Å². The van der Waals surface area contributed by atoms with Crippen LogP contribution in [0.4, 0.5) is 0 Å². The standard InChI is InChI=1S/C15H20IN3O.ClH/c16-13-3-1-12(2-4-13)15(20)19-8-5-14(11-19)18-9-6-17-7-10-18;/h1-4,14,17H,5-11H2;1H. The monoisotopic (exact) mass is 421 g/mol. The van der Waals surface area contributed by atoms with Crippen LogP contribution in [0.5, 0.6) is 0 Å². The van der Waals surface area contributed by atoms with E-state index in [-0.39, 0.29) is 18.3 Å². The third-order valence-electron chi connectivity index (χ3n) is 4.21. The van der Waals surface area contributed by atoms with Gasteiger partial charge >= 0.3 is 0 Å². The Kier molecular flexibility index (Phi) is 6.28. The van der Waals surface area contributed by atoms with Crippen LogP contribution >= 0.6 is 35.0 Å². The molecule has 116 valence electrons. The van der Waals surface area contributed by atoms with Gasteiger partial charge in [-0.2, -0.15) is 0 Å². The average molecular weight is 422 g/mol. The molecule has 4 nitrogen and oxygen atoms in total. The zero-order valence-corrected chi connectivity index (χ0v) is 14.9. The summed E-state index contributed by atoms with van der Waals surface area (Å²) in [5.74, 6) is 0.180. The minimum Gasteiger partial charge on any atom is -0.337 e. The van der Waals surface area contributed by atoms with E-state index in [0.717, 1.165) is 51.3 Å². The highest BCUT2D eigenvalue weighted by Gasteiger charge is 2.31. The first kappa shape index (κ1) is 17.0. The van der Waals surface area contributed by atoms with E-state index in [4.69, 9.17) is 0 Å². The van der Waals surface area contributed by atoms with Crippen molar-refractivity contribution < 1.29 is 4.79 Å². The van der Waals surface area contributed by atoms with E-state index >= 15 is 0 Å². The van der Waals surface area contributed by atoms with Crippen LogP contribution in [-0.4, -0.2) is 61.0 Å². The number of hydrogen-bond donors (Lipinski definition) is 1. The maximum absolute atomic E-state index is 12.5. The summed E-state index contributed by atoms with van der Waals surface area (Å²) in [6.45, 7) is 6.12. The van der Waals surface area contributed by atoms with Crippen molar-refractivity contribution in [2.45, 2.75) is 12.5 Å². The number of nitrogens with one attached hydrogen (secondary N) is 1. The molecule has 2 heterocycles. The van der Waals surface area contributed by atoms with Crippen molar-refractivity contribution in [1.82, 2.24) is 15.1 Å². The highest BCUT2D eigenvalue weighted by Crippen LogP contribution is 2.19. The molecule has 2 aliphatic rings. The third-order valence-corrected chi connectivity index (χ3v) is 4.93. The second-order valence-electron chi connectivity index (χ2n) is 5.49. The lowest BCUT2D eigenvalue weighted by Gasteiger charge is -2.32. The second kappa shape index (κ2) is 7.76. The van der Waals surface area contributed by atoms with Crippen LogP contribution < -0.4 is 5.32 Å². The molecule has 1 atom stereocenters. The molecule has 1 N–H and O–H groups in total. The molecule has 2 aliphatic heterocycles. The fourth-order valence-electron chi connectivity index (χ4n) is 3.05. The quantitative estimate of drug-likeness (QED) is 0.740. The number of benzene rings is 1. The number of rotatable bonds is 2. The molecule has 2 fully saturated rings. The molecular formula is C15H21ClIN3O. The lowest BCUT2D eigenvalue weighted by Crippen LogP contribution is -2.49. The molecule has 0 aromatic heterocycles. The first-order valence-electron chi connectivity index (χ1n) is 7.23. The summed E-state index contributed by atoms with van der Waals surface area (Å²) in [5.41, 5.74) is 0.811. The second-order valence-corrected chi connectivity index (χ2v) is 6.73. The fraction of sp³-hybridized carbons (Fsp3) is 0.533. The third kappa shape index (κ3) is 4.09. The normalized spacial score (nSPS) is 22.9. The number of likely N-dealkylation sites (tertiary alicyclic amines) is 1. The van der Waals surface area contributed by atoms with Crippen LogP contribution in [0.15, 0.2) is 24.3 Å². The van der Waals surface area contributed by atoms with Crippen molar-refractivity contribution in [1.29, 1.82) is 0 Å². The van der Waals surface area contributed by atoms with Gasteiger partial charge in [0.2, 0.25) is 0 Å². The van der Waals surface area contributed by atoms with Gasteiger partial charge in [-0.25, -0.2) is 0 Å². The fourth-order valence-corrected chi connectivity index (χ4v) is 3.41. The molecule has 1 unspecified atom stereocenters. The van der Waals surface area contributed by atoms with Crippen molar-refractivity contribution in [2.75, 3.05) is 39.3 Å². The minimum atomic E-state index is 0. The van der Waals surface area contributed by atoms with Crippen molar-refractivity contribution >= 4 is 40.9 Å². The van der Waals surface area contributed by atoms with Crippen LogP contribution in [0.1, 0.15) is 16.8 Å². The molecule has 2 saturated heterocycles. The Morgan fingerprint density at radius 1 is 1.14 bits per heavy atom. The van der Waals surface area contributed by atoms with Gasteiger partial charge in [-0.15, -0.1) is 12.4 Å². The molecule has 0 radical (unpaired) electrons. The molecule has 21 heavy (non-hydrogen) atoms. The molecule has 1 aromatic carbocycles. The number of piperazine rings is 1. The number of halogens is 2. The summed E-state index contributed by atoms with van der Waals surface area (Å²) < 4.78 is 1.17. The van der Waals surface area contributed by atoms with E-state index in [1.54, 1.807) is 0 Å². The van der Waals surface area contributed by atoms with E-state index in [9.17, 15) is 4.79 Å². The Balaban J connectivity index is 0.00000161. The Labute approximate surface area is 145 Å². The van der Waals surface area contributed by atoms with Gasteiger partial charge < -0.3 is 10.2 Å². The van der Waals surface area contributed by atoms with Crippen LogP contribution in [0, 0.1) is 3.57 Å². The molecular weight excluding hydrogens is 401 g/mol. The summed E-state index contributed by atoms with van der Waals surface area (Å²) in [4.78, 5) is 17.0. The van der Waals surface area contributed by atoms with Crippen LogP contribution in [-0.2, 0) is 0 Å². The minimum absolute atomic E-state index is 0. The molecule has 0 spiro atoms.